The van der Waals surface area contributed by atoms with Crippen molar-refractivity contribution >= 4 is 17.5 Å². The molecule has 18 heavy (non-hydrogen) atoms. The predicted molar refractivity (Wildman–Crippen MR) is 73.3 cm³/mol. The van der Waals surface area contributed by atoms with Crippen LogP contribution in [0.1, 0.15) is 34.1 Å². The average Bonchev–Trinajstić information content (AvgIpc) is 2.23. The van der Waals surface area contributed by atoms with Crippen LogP contribution in [0.4, 0.5) is 5.95 Å². The Morgan fingerprint density at radius 2 is 1.83 bits per heavy atom. The van der Waals surface area contributed by atoms with Crippen LogP contribution in [0.5, 0.6) is 6.01 Å². The van der Waals surface area contributed by atoms with Gasteiger partial charge in [0.1, 0.15) is 0 Å². The third-order valence-electron chi connectivity index (χ3n) is 2.30. The molecule has 0 saturated carbocycles. The summed E-state index contributed by atoms with van der Waals surface area (Å²) in [6.45, 7) is 9.07. The van der Waals surface area contributed by atoms with Crippen molar-refractivity contribution in [3.8, 4) is 6.01 Å². The summed E-state index contributed by atoms with van der Waals surface area (Å²) in [6, 6.07) is 0.274. The fraction of sp³-hybridized carbons (Fsp3) is 0.750. The molecule has 0 unspecified atom stereocenters. The molecule has 1 heterocycles. The monoisotopic (exact) mass is 272 g/mol. The molecule has 0 aliphatic heterocycles. The van der Waals surface area contributed by atoms with Crippen molar-refractivity contribution in [1.82, 2.24) is 15.0 Å². The van der Waals surface area contributed by atoms with Crippen molar-refractivity contribution in [3.63, 3.8) is 0 Å². The van der Waals surface area contributed by atoms with E-state index in [0.29, 0.717) is 11.9 Å². The summed E-state index contributed by atoms with van der Waals surface area (Å²) >= 11 is 5.87. The van der Waals surface area contributed by atoms with Crippen LogP contribution >= 0.6 is 11.6 Å². The highest BCUT2D eigenvalue weighted by atomic mass is 35.5. The quantitative estimate of drug-likeness (QED) is 0.797. The highest BCUT2D eigenvalue weighted by molar-refractivity contribution is 6.28. The Labute approximate surface area is 114 Å². The molecule has 0 radical (unpaired) electrons. The fourth-order valence-electron chi connectivity index (χ4n) is 1.31. The van der Waals surface area contributed by atoms with Crippen LogP contribution in [-0.4, -0.2) is 34.6 Å². The van der Waals surface area contributed by atoms with Gasteiger partial charge in [0.2, 0.25) is 11.2 Å². The van der Waals surface area contributed by atoms with E-state index in [1.807, 2.05) is 25.8 Å². The summed E-state index contributed by atoms with van der Waals surface area (Å²) in [6.07, 6.45) is 1.08. The van der Waals surface area contributed by atoms with Gasteiger partial charge < -0.3 is 9.64 Å². The Morgan fingerprint density at radius 3 is 2.39 bits per heavy atom. The molecule has 0 spiro atoms. The zero-order valence-electron chi connectivity index (χ0n) is 11.6. The molecule has 0 N–H and O–H groups in total. The van der Waals surface area contributed by atoms with Crippen LogP contribution in [0.15, 0.2) is 0 Å². The zero-order chi connectivity index (χ0) is 13.7. The van der Waals surface area contributed by atoms with Gasteiger partial charge in [0.05, 0.1) is 6.10 Å². The van der Waals surface area contributed by atoms with Crippen molar-refractivity contribution in [1.29, 1.82) is 0 Å². The topological polar surface area (TPSA) is 51.1 Å². The molecule has 0 aliphatic rings. The lowest BCUT2D eigenvalue weighted by Gasteiger charge is -2.18. The van der Waals surface area contributed by atoms with Gasteiger partial charge in [-0.05, 0) is 37.8 Å². The number of rotatable bonds is 6. The van der Waals surface area contributed by atoms with E-state index in [9.17, 15) is 0 Å². The maximum Gasteiger partial charge on any atom is 0.322 e. The normalized spacial score (nSPS) is 11.1. The first-order valence-electron chi connectivity index (χ1n) is 6.18. The summed E-state index contributed by atoms with van der Waals surface area (Å²) in [5.41, 5.74) is 0. The fourth-order valence-corrected chi connectivity index (χ4v) is 1.46. The van der Waals surface area contributed by atoms with Crippen LogP contribution < -0.4 is 9.64 Å². The SMILES string of the molecule is CC(C)CCN(C)c1nc(Cl)nc(OC(C)C)n1. The lowest BCUT2D eigenvalue weighted by molar-refractivity contribution is 0.221. The van der Waals surface area contributed by atoms with Gasteiger partial charge in [0.25, 0.3) is 0 Å². The van der Waals surface area contributed by atoms with Crippen LogP contribution in [0.25, 0.3) is 0 Å². The van der Waals surface area contributed by atoms with Gasteiger partial charge in [-0.15, -0.1) is 0 Å². The van der Waals surface area contributed by atoms with E-state index >= 15 is 0 Å². The van der Waals surface area contributed by atoms with E-state index in [1.54, 1.807) is 0 Å². The molecule has 0 fully saturated rings. The van der Waals surface area contributed by atoms with Crippen LogP contribution in [0.2, 0.25) is 5.28 Å². The van der Waals surface area contributed by atoms with Gasteiger partial charge in [-0.1, -0.05) is 13.8 Å². The van der Waals surface area contributed by atoms with Gasteiger partial charge in [-0.2, -0.15) is 15.0 Å². The van der Waals surface area contributed by atoms with Crippen LogP contribution in [-0.2, 0) is 0 Å². The molecule has 0 aliphatic carbocycles. The second kappa shape index (κ2) is 6.73. The predicted octanol–water partition coefficient (Wildman–Crippen LogP) is 2.79. The molecule has 0 amide bonds. The van der Waals surface area contributed by atoms with Crippen molar-refractivity contribution in [3.05, 3.63) is 5.28 Å². The van der Waals surface area contributed by atoms with E-state index < -0.39 is 0 Å². The number of anilines is 1. The number of aromatic nitrogens is 3. The van der Waals surface area contributed by atoms with Crippen molar-refractivity contribution in [2.24, 2.45) is 5.92 Å². The zero-order valence-corrected chi connectivity index (χ0v) is 12.4. The summed E-state index contributed by atoms with van der Waals surface area (Å²) in [7, 11) is 1.94. The standard InChI is InChI=1S/C12H21ClN4O/c1-8(2)6-7-17(5)11-14-10(13)15-12(16-11)18-9(3)4/h8-9H,6-7H2,1-5H3. The molecule has 5 nitrogen and oxygen atoms in total. The molecule has 0 aromatic carbocycles. The third-order valence-corrected chi connectivity index (χ3v) is 2.47. The second-order valence-corrected chi connectivity index (χ2v) is 5.30. The number of hydrogen-bond donors (Lipinski definition) is 0. The molecule has 0 bridgehead atoms. The first kappa shape index (κ1) is 15.0. The minimum atomic E-state index is 0.0114. The number of ether oxygens (including phenoxy) is 1. The molecule has 102 valence electrons. The molecular weight excluding hydrogens is 252 g/mol. The van der Waals surface area contributed by atoms with Gasteiger partial charge >= 0.3 is 6.01 Å². The third kappa shape index (κ3) is 5.04. The first-order valence-corrected chi connectivity index (χ1v) is 6.55. The number of hydrogen-bond acceptors (Lipinski definition) is 5. The number of halogens is 1. The summed E-state index contributed by atoms with van der Waals surface area (Å²) in [5.74, 6) is 1.18. The van der Waals surface area contributed by atoms with Crippen molar-refractivity contribution < 1.29 is 4.74 Å². The molecule has 0 atom stereocenters. The van der Waals surface area contributed by atoms with Crippen LogP contribution in [0.3, 0.4) is 0 Å². The lowest BCUT2D eigenvalue weighted by Crippen LogP contribution is -2.23. The Hall–Kier alpha value is -1.10. The van der Waals surface area contributed by atoms with Gasteiger partial charge in [0.15, 0.2) is 0 Å². The summed E-state index contributed by atoms with van der Waals surface area (Å²) in [4.78, 5) is 14.3. The van der Waals surface area contributed by atoms with Gasteiger partial charge in [-0.3, -0.25) is 0 Å². The Kier molecular flexibility index (Phi) is 5.59. The maximum absolute atomic E-state index is 5.87. The molecule has 1 rings (SSSR count). The van der Waals surface area contributed by atoms with E-state index in [-0.39, 0.29) is 17.4 Å². The molecule has 1 aromatic heterocycles. The Balaban J connectivity index is 2.78. The second-order valence-electron chi connectivity index (χ2n) is 4.96. The van der Waals surface area contributed by atoms with E-state index in [1.165, 1.54) is 0 Å². The minimum absolute atomic E-state index is 0.0114. The van der Waals surface area contributed by atoms with E-state index in [0.717, 1.165) is 13.0 Å². The average molecular weight is 273 g/mol. The van der Waals surface area contributed by atoms with Gasteiger partial charge in [-0.25, -0.2) is 0 Å². The lowest BCUT2D eigenvalue weighted by atomic mass is 10.1. The highest BCUT2D eigenvalue weighted by Gasteiger charge is 2.11. The van der Waals surface area contributed by atoms with Gasteiger partial charge in [0, 0.05) is 13.6 Å². The first-order chi connectivity index (χ1) is 8.38. The van der Waals surface area contributed by atoms with E-state index in [4.69, 9.17) is 16.3 Å². The van der Waals surface area contributed by atoms with Crippen LogP contribution in [0, 0.1) is 5.92 Å². The Morgan fingerprint density at radius 1 is 1.17 bits per heavy atom. The largest absolute Gasteiger partial charge is 0.461 e. The molecular formula is C12H21ClN4O. The van der Waals surface area contributed by atoms with E-state index in [2.05, 4.69) is 28.8 Å². The molecule has 0 saturated heterocycles. The summed E-state index contributed by atoms with van der Waals surface area (Å²) in [5, 5.41) is 0.159. The smallest absolute Gasteiger partial charge is 0.322 e. The molecule has 6 heteroatoms. The molecule has 1 aromatic rings. The van der Waals surface area contributed by atoms with Crippen molar-refractivity contribution in [2.45, 2.75) is 40.2 Å². The summed E-state index contributed by atoms with van der Waals surface area (Å²) < 4.78 is 5.44. The van der Waals surface area contributed by atoms with Crippen molar-refractivity contribution in [2.75, 3.05) is 18.5 Å². The maximum atomic E-state index is 5.87. The highest BCUT2D eigenvalue weighted by Crippen LogP contribution is 2.16. The number of nitrogens with zero attached hydrogens (tertiary/aromatic N) is 4. The minimum Gasteiger partial charge on any atom is -0.461 e. The Bertz CT molecular complexity index is 384.